The lowest BCUT2D eigenvalue weighted by Gasteiger charge is -2.38. The maximum atomic E-state index is 12.8. The van der Waals surface area contributed by atoms with Crippen LogP contribution in [0.15, 0.2) is 30.3 Å². The van der Waals surface area contributed by atoms with Crippen LogP contribution in [0.4, 0.5) is 0 Å². The molecule has 0 fully saturated rings. The van der Waals surface area contributed by atoms with Crippen LogP contribution in [-0.4, -0.2) is 40.1 Å². The van der Waals surface area contributed by atoms with Crippen LogP contribution in [0.25, 0.3) is 0 Å². The Morgan fingerprint density at radius 3 is 2.21 bits per heavy atom. The summed E-state index contributed by atoms with van der Waals surface area (Å²) in [4.78, 5) is 26.6. The van der Waals surface area contributed by atoms with E-state index in [9.17, 15) is 14.7 Å². The molecule has 5 nitrogen and oxygen atoms in total. The second-order valence-corrected chi connectivity index (χ2v) is 7.11. The van der Waals surface area contributed by atoms with E-state index < -0.39 is 23.1 Å². The van der Waals surface area contributed by atoms with Gasteiger partial charge in [-0.15, -0.1) is 0 Å². The van der Waals surface area contributed by atoms with Crippen LogP contribution in [0.2, 0.25) is 0 Å². The van der Waals surface area contributed by atoms with Crippen molar-refractivity contribution < 1.29 is 19.4 Å². The number of hydrogen-bond acceptors (Lipinski definition) is 4. The van der Waals surface area contributed by atoms with Crippen LogP contribution in [0, 0.1) is 0 Å². The Bertz CT molecular complexity index is 550. The zero-order valence-corrected chi connectivity index (χ0v) is 15.3. The van der Waals surface area contributed by atoms with Crippen molar-refractivity contribution in [3.8, 4) is 0 Å². The third kappa shape index (κ3) is 5.06. The van der Waals surface area contributed by atoms with Gasteiger partial charge in [-0.2, -0.15) is 0 Å². The van der Waals surface area contributed by atoms with Crippen molar-refractivity contribution in [3.63, 3.8) is 0 Å². The number of carbonyl (C=O) groups excluding carboxylic acids is 1. The molecule has 1 aromatic carbocycles. The lowest BCUT2D eigenvalue weighted by Crippen LogP contribution is -2.60. The van der Waals surface area contributed by atoms with E-state index in [-0.39, 0.29) is 6.42 Å². The molecule has 0 bridgehead atoms. The number of hydrogen-bond donors (Lipinski definition) is 1. The predicted molar refractivity (Wildman–Crippen MR) is 93.6 cm³/mol. The van der Waals surface area contributed by atoms with Crippen LogP contribution in [0.3, 0.4) is 0 Å². The standard InChI is InChI=1S/C19H29NO4/c1-6-7-13-19(16(21)22,17(23)24-18(2,3)4)20(5)14-15-11-9-8-10-12-15/h8-12H,6-7,13-14H2,1-5H3,(H,21,22). The molecule has 134 valence electrons. The van der Waals surface area contributed by atoms with E-state index in [2.05, 4.69) is 0 Å². The highest BCUT2D eigenvalue weighted by atomic mass is 16.6. The van der Waals surface area contributed by atoms with Crippen molar-refractivity contribution in [2.24, 2.45) is 0 Å². The van der Waals surface area contributed by atoms with Crippen molar-refractivity contribution in [1.82, 2.24) is 4.90 Å². The average Bonchev–Trinajstić information content (AvgIpc) is 2.46. The van der Waals surface area contributed by atoms with E-state index in [1.807, 2.05) is 37.3 Å². The van der Waals surface area contributed by atoms with Gasteiger partial charge >= 0.3 is 11.9 Å². The molecule has 24 heavy (non-hydrogen) atoms. The molecule has 1 unspecified atom stereocenters. The van der Waals surface area contributed by atoms with Gasteiger partial charge in [-0.1, -0.05) is 50.1 Å². The molecule has 0 aliphatic carbocycles. The molecule has 0 saturated heterocycles. The number of carbonyl (C=O) groups is 2. The highest BCUT2D eigenvalue weighted by Gasteiger charge is 2.51. The van der Waals surface area contributed by atoms with Gasteiger partial charge in [-0.25, -0.2) is 9.59 Å². The van der Waals surface area contributed by atoms with Crippen LogP contribution in [0.5, 0.6) is 0 Å². The normalized spacial score (nSPS) is 14.2. The lowest BCUT2D eigenvalue weighted by molar-refractivity contribution is -0.180. The number of benzene rings is 1. The van der Waals surface area contributed by atoms with Gasteiger partial charge in [0.1, 0.15) is 5.60 Å². The summed E-state index contributed by atoms with van der Waals surface area (Å²) in [5.41, 5.74) is -1.47. The van der Waals surface area contributed by atoms with E-state index in [1.54, 1.807) is 32.7 Å². The number of rotatable bonds is 8. The Balaban J connectivity index is 3.18. The summed E-state index contributed by atoms with van der Waals surface area (Å²) < 4.78 is 5.46. The van der Waals surface area contributed by atoms with E-state index in [4.69, 9.17) is 4.74 Å². The van der Waals surface area contributed by atoms with E-state index >= 15 is 0 Å². The molecule has 5 heteroatoms. The van der Waals surface area contributed by atoms with Gasteiger partial charge < -0.3 is 9.84 Å². The number of likely N-dealkylation sites (N-methyl/N-ethyl adjacent to an activating group) is 1. The molecule has 0 heterocycles. The molecule has 0 aromatic heterocycles. The highest BCUT2D eigenvalue weighted by Crippen LogP contribution is 2.28. The Kier molecular flexibility index (Phi) is 6.96. The summed E-state index contributed by atoms with van der Waals surface area (Å²) in [6, 6.07) is 9.52. The maximum absolute atomic E-state index is 12.8. The highest BCUT2D eigenvalue weighted by molar-refractivity contribution is 6.04. The lowest BCUT2D eigenvalue weighted by atomic mass is 9.90. The second-order valence-electron chi connectivity index (χ2n) is 7.11. The van der Waals surface area contributed by atoms with Gasteiger partial charge in [0.25, 0.3) is 0 Å². The third-order valence-corrected chi connectivity index (χ3v) is 3.90. The topological polar surface area (TPSA) is 66.8 Å². The smallest absolute Gasteiger partial charge is 0.338 e. The molecule has 0 saturated carbocycles. The molecule has 0 spiro atoms. The van der Waals surface area contributed by atoms with Crippen molar-refractivity contribution in [2.75, 3.05) is 7.05 Å². The zero-order valence-electron chi connectivity index (χ0n) is 15.3. The molecule has 1 rings (SSSR count). The fourth-order valence-corrected chi connectivity index (χ4v) is 2.59. The Morgan fingerprint density at radius 1 is 1.17 bits per heavy atom. The SMILES string of the molecule is CCCCC(C(=O)O)(C(=O)OC(C)(C)C)N(C)Cc1ccccc1. The van der Waals surface area contributed by atoms with Gasteiger partial charge in [0.05, 0.1) is 0 Å². The molecule has 0 aliphatic heterocycles. The third-order valence-electron chi connectivity index (χ3n) is 3.90. The first-order valence-electron chi connectivity index (χ1n) is 8.35. The number of nitrogens with zero attached hydrogens (tertiary/aromatic N) is 1. The summed E-state index contributed by atoms with van der Waals surface area (Å²) in [5.74, 6) is -1.86. The first-order chi connectivity index (χ1) is 11.1. The number of unbranched alkanes of at least 4 members (excludes halogenated alkanes) is 1. The van der Waals surface area contributed by atoms with Crippen molar-refractivity contribution in [2.45, 2.75) is 64.6 Å². The fraction of sp³-hybridized carbons (Fsp3) is 0.579. The van der Waals surface area contributed by atoms with Gasteiger partial charge in [0.2, 0.25) is 5.54 Å². The molecule has 1 aromatic rings. The van der Waals surface area contributed by atoms with Gasteiger partial charge in [-0.05, 0) is 39.8 Å². The maximum Gasteiger partial charge on any atom is 0.338 e. The van der Waals surface area contributed by atoms with E-state index in [0.29, 0.717) is 13.0 Å². The summed E-state index contributed by atoms with van der Waals surface area (Å²) in [6.45, 7) is 7.56. The minimum absolute atomic E-state index is 0.219. The van der Waals surface area contributed by atoms with Gasteiger partial charge in [0, 0.05) is 6.54 Å². The second kappa shape index (κ2) is 8.29. The number of ether oxygens (including phenoxy) is 1. The molecule has 1 atom stereocenters. The largest absolute Gasteiger partial charge is 0.479 e. The summed E-state index contributed by atoms with van der Waals surface area (Å²) in [7, 11) is 1.67. The fourth-order valence-electron chi connectivity index (χ4n) is 2.59. The van der Waals surface area contributed by atoms with Crippen LogP contribution in [-0.2, 0) is 20.9 Å². The van der Waals surface area contributed by atoms with E-state index in [1.165, 1.54) is 0 Å². The predicted octanol–water partition coefficient (Wildman–Crippen LogP) is 3.47. The minimum atomic E-state index is -1.68. The van der Waals surface area contributed by atoms with Crippen LogP contribution < -0.4 is 0 Å². The van der Waals surface area contributed by atoms with Gasteiger partial charge in [-0.3, -0.25) is 4.90 Å². The number of carboxylic acids is 1. The zero-order chi connectivity index (χ0) is 18.4. The summed E-state index contributed by atoms with van der Waals surface area (Å²) >= 11 is 0. The Hall–Kier alpha value is -1.88. The van der Waals surface area contributed by atoms with Crippen molar-refractivity contribution >= 4 is 11.9 Å². The molecular formula is C19H29NO4. The number of esters is 1. The summed E-state index contributed by atoms with van der Waals surface area (Å²) in [5, 5.41) is 9.92. The van der Waals surface area contributed by atoms with Crippen LogP contribution in [0.1, 0.15) is 52.5 Å². The average molecular weight is 335 g/mol. The van der Waals surface area contributed by atoms with Crippen molar-refractivity contribution in [3.05, 3.63) is 35.9 Å². The molecular weight excluding hydrogens is 306 g/mol. The quantitative estimate of drug-likeness (QED) is 0.582. The van der Waals surface area contributed by atoms with Gasteiger partial charge in [0.15, 0.2) is 0 Å². The molecule has 1 N–H and O–H groups in total. The van der Waals surface area contributed by atoms with Crippen molar-refractivity contribution in [1.29, 1.82) is 0 Å². The molecule has 0 amide bonds. The molecule has 0 aliphatic rings. The first-order valence-corrected chi connectivity index (χ1v) is 8.35. The summed E-state index contributed by atoms with van der Waals surface area (Å²) in [6.07, 6.45) is 1.65. The monoisotopic (exact) mass is 335 g/mol. The first kappa shape index (κ1) is 20.2. The Morgan fingerprint density at radius 2 is 1.75 bits per heavy atom. The van der Waals surface area contributed by atoms with Crippen LogP contribution >= 0.6 is 0 Å². The van der Waals surface area contributed by atoms with E-state index in [0.717, 1.165) is 12.0 Å². The molecule has 0 radical (unpaired) electrons. The minimum Gasteiger partial charge on any atom is -0.479 e. The number of aliphatic carboxylic acids is 1. The number of carboxylic acid groups (broad SMARTS) is 1. The Labute approximate surface area is 144 Å².